The first kappa shape index (κ1) is 9.40. The summed E-state index contributed by atoms with van der Waals surface area (Å²) < 4.78 is 0. The fraction of sp³-hybridized carbons (Fsp3) is 1.00. The quantitative estimate of drug-likeness (QED) is 0.552. The van der Waals surface area contributed by atoms with Crippen LogP contribution in [0.1, 0.15) is 0 Å². The van der Waals surface area contributed by atoms with Crippen LogP contribution in [0.2, 0.25) is 0 Å². The minimum absolute atomic E-state index is 0.459. The SMILES string of the molecule is CN1CC[N]C(N2CCNCC2)C1. The maximum absolute atomic E-state index is 4.66. The maximum atomic E-state index is 4.66. The molecule has 1 unspecified atom stereocenters. The van der Waals surface area contributed by atoms with E-state index in [9.17, 15) is 0 Å². The van der Waals surface area contributed by atoms with Gasteiger partial charge in [0.1, 0.15) is 0 Å². The average Bonchev–Trinajstić information content (AvgIpc) is 2.19. The molecule has 13 heavy (non-hydrogen) atoms. The minimum atomic E-state index is 0.459. The predicted molar refractivity (Wildman–Crippen MR) is 52.7 cm³/mol. The Morgan fingerprint density at radius 2 is 2.00 bits per heavy atom. The van der Waals surface area contributed by atoms with Crippen molar-refractivity contribution in [2.24, 2.45) is 0 Å². The maximum Gasteiger partial charge on any atom is 0.0890 e. The van der Waals surface area contributed by atoms with Gasteiger partial charge in [0.15, 0.2) is 0 Å². The molecule has 2 aliphatic heterocycles. The van der Waals surface area contributed by atoms with Crippen molar-refractivity contribution in [1.82, 2.24) is 20.4 Å². The predicted octanol–water partition coefficient (Wildman–Crippen LogP) is -1.23. The van der Waals surface area contributed by atoms with Gasteiger partial charge < -0.3 is 10.2 Å². The molecule has 0 aromatic rings. The summed E-state index contributed by atoms with van der Waals surface area (Å²) in [4.78, 5) is 4.87. The van der Waals surface area contributed by atoms with Crippen molar-refractivity contribution in [3.8, 4) is 0 Å². The fourth-order valence-corrected chi connectivity index (χ4v) is 2.02. The van der Waals surface area contributed by atoms with Crippen LogP contribution >= 0.6 is 0 Å². The van der Waals surface area contributed by atoms with Gasteiger partial charge in [0, 0.05) is 45.8 Å². The number of nitrogens with one attached hydrogen (secondary N) is 1. The number of piperazine rings is 2. The molecule has 2 rings (SSSR count). The van der Waals surface area contributed by atoms with Gasteiger partial charge in [-0.3, -0.25) is 4.90 Å². The summed E-state index contributed by atoms with van der Waals surface area (Å²) in [5, 5.41) is 8.03. The highest BCUT2D eigenvalue weighted by Crippen LogP contribution is 2.05. The lowest BCUT2D eigenvalue weighted by atomic mass is 10.2. The Bertz CT molecular complexity index is 156. The first-order chi connectivity index (χ1) is 6.36. The molecular weight excluding hydrogens is 164 g/mol. The summed E-state index contributed by atoms with van der Waals surface area (Å²) in [5.74, 6) is 0. The normalized spacial score (nSPS) is 33.5. The van der Waals surface area contributed by atoms with Crippen LogP contribution in [0.4, 0.5) is 0 Å². The van der Waals surface area contributed by atoms with Gasteiger partial charge in [-0.2, -0.15) is 0 Å². The van der Waals surface area contributed by atoms with E-state index in [1.165, 1.54) is 0 Å². The summed E-state index contributed by atoms with van der Waals surface area (Å²) in [6, 6.07) is 0. The van der Waals surface area contributed by atoms with Gasteiger partial charge in [-0.05, 0) is 7.05 Å². The first-order valence-electron chi connectivity index (χ1n) is 5.16. The van der Waals surface area contributed by atoms with Crippen molar-refractivity contribution in [1.29, 1.82) is 0 Å². The molecule has 0 amide bonds. The molecule has 1 N–H and O–H groups in total. The van der Waals surface area contributed by atoms with Crippen LogP contribution in [0, 0.1) is 0 Å². The van der Waals surface area contributed by atoms with Crippen LogP contribution < -0.4 is 10.6 Å². The van der Waals surface area contributed by atoms with E-state index in [-0.39, 0.29) is 0 Å². The zero-order valence-corrected chi connectivity index (χ0v) is 8.37. The number of rotatable bonds is 1. The van der Waals surface area contributed by atoms with Crippen molar-refractivity contribution in [2.45, 2.75) is 6.17 Å². The van der Waals surface area contributed by atoms with Gasteiger partial charge in [-0.25, -0.2) is 5.32 Å². The molecule has 0 aromatic carbocycles. The summed E-state index contributed by atoms with van der Waals surface area (Å²) in [6.07, 6.45) is 0.459. The number of hydrogen-bond donors (Lipinski definition) is 1. The number of likely N-dealkylation sites (N-methyl/N-ethyl adjacent to an activating group) is 1. The van der Waals surface area contributed by atoms with E-state index in [0.29, 0.717) is 6.17 Å². The Hall–Kier alpha value is -0.160. The smallest absolute Gasteiger partial charge is 0.0890 e. The van der Waals surface area contributed by atoms with Crippen LogP contribution in [0.15, 0.2) is 0 Å². The minimum Gasteiger partial charge on any atom is -0.314 e. The molecule has 75 valence electrons. The third-order valence-electron chi connectivity index (χ3n) is 2.87. The first-order valence-corrected chi connectivity index (χ1v) is 5.16. The van der Waals surface area contributed by atoms with Crippen molar-refractivity contribution < 1.29 is 0 Å². The monoisotopic (exact) mass is 183 g/mol. The van der Waals surface area contributed by atoms with Gasteiger partial charge in [0.05, 0.1) is 6.17 Å². The summed E-state index contributed by atoms with van der Waals surface area (Å²) in [5.41, 5.74) is 0. The highest BCUT2D eigenvalue weighted by Gasteiger charge is 2.24. The Balaban J connectivity index is 1.83. The molecule has 4 nitrogen and oxygen atoms in total. The van der Waals surface area contributed by atoms with E-state index in [1.807, 2.05) is 0 Å². The third-order valence-corrected chi connectivity index (χ3v) is 2.87. The van der Waals surface area contributed by atoms with E-state index in [4.69, 9.17) is 0 Å². The van der Waals surface area contributed by atoms with E-state index >= 15 is 0 Å². The lowest BCUT2D eigenvalue weighted by molar-refractivity contribution is 0.0830. The molecule has 0 bridgehead atoms. The van der Waals surface area contributed by atoms with Crippen LogP contribution in [-0.4, -0.2) is 68.8 Å². The zero-order chi connectivity index (χ0) is 9.10. The number of hydrogen-bond acceptors (Lipinski definition) is 3. The highest BCUT2D eigenvalue weighted by molar-refractivity contribution is 4.80. The van der Waals surface area contributed by atoms with E-state index in [0.717, 1.165) is 45.8 Å². The Kier molecular flexibility index (Phi) is 3.16. The summed E-state index contributed by atoms with van der Waals surface area (Å²) >= 11 is 0. The third kappa shape index (κ3) is 2.40. The van der Waals surface area contributed by atoms with Crippen LogP contribution in [0.3, 0.4) is 0 Å². The van der Waals surface area contributed by atoms with Crippen molar-refractivity contribution >= 4 is 0 Å². The fourth-order valence-electron chi connectivity index (χ4n) is 2.02. The Labute approximate surface area is 80.3 Å². The average molecular weight is 183 g/mol. The van der Waals surface area contributed by atoms with Crippen molar-refractivity contribution in [2.75, 3.05) is 52.9 Å². The lowest BCUT2D eigenvalue weighted by Crippen LogP contribution is -2.58. The zero-order valence-electron chi connectivity index (χ0n) is 8.37. The standard InChI is InChI=1S/C9H19N4/c1-12-5-4-11-9(8-12)13-6-2-10-3-7-13/h9-10H,2-8H2,1H3. The number of nitrogens with zero attached hydrogens (tertiary/aromatic N) is 3. The largest absolute Gasteiger partial charge is 0.314 e. The molecule has 1 radical (unpaired) electrons. The summed E-state index contributed by atoms with van der Waals surface area (Å²) in [7, 11) is 2.18. The lowest BCUT2D eigenvalue weighted by Gasteiger charge is -2.39. The van der Waals surface area contributed by atoms with Gasteiger partial charge in [-0.15, -0.1) is 0 Å². The van der Waals surface area contributed by atoms with Gasteiger partial charge in [-0.1, -0.05) is 0 Å². The second kappa shape index (κ2) is 4.37. The van der Waals surface area contributed by atoms with E-state index in [1.54, 1.807) is 0 Å². The highest BCUT2D eigenvalue weighted by atomic mass is 15.3. The van der Waals surface area contributed by atoms with E-state index in [2.05, 4.69) is 27.5 Å². The van der Waals surface area contributed by atoms with Gasteiger partial charge >= 0.3 is 0 Å². The molecular formula is C9H19N4. The molecule has 0 spiro atoms. The Morgan fingerprint density at radius 3 is 2.69 bits per heavy atom. The van der Waals surface area contributed by atoms with Crippen LogP contribution in [0.25, 0.3) is 0 Å². The molecule has 2 fully saturated rings. The topological polar surface area (TPSA) is 32.6 Å². The Morgan fingerprint density at radius 1 is 1.23 bits per heavy atom. The van der Waals surface area contributed by atoms with Gasteiger partial charge in [0.2, 0.25) is 0 Å². The molecule has 4 heteroatoms. The molecule has 0 saturated carbocycles. The van der Waals surface area contributed by atoms with Crippen molar-refractivity contribution in [3.63, 3.8) is 0 Å². The second-order valence-corrected chi connectivity index (χ2v) is 3.94. The molecule has 0 aromatic heterocycles. The molecule has 1 atom stereocenters. The molecule has 0 aliphatic carbocycles. The molecule has 2 aliphatic rings. The van der Waals surface area contributed by atoms with Gasteiger partial charge in [0.25, 0.3) is 0 Å². The van der Waals surface area contributed by atoms with Crippen LogP contribution in [0.5, 0.6) is 0 Å². The molecule has 2 saturated heterocycles. The van der Waals surface area contributed by atoms with E-state index < -0.39 is 0 Å². The molecule has 2 heterocycles. The van der Waals surface area contributed by atoms with Crippen molar-refractivity contribution in [3.05, 3.63) is 0 Å². The van der Waals surface area contributed by atoms with Crippen LogP contribution in [-0.2, 0) is 0 Å². The second-order valence-electron chi connectivity index (χ2n) is 3.94. The summed E-state index contributed by atoms with van der Waals surface area (Å²) in [6.45, 7) is 7.79.